The van der Waals surface area contributed by atoms with Crippen molar-refractivity contribution in [1.29, 1.82) is 0 Å². The van der Waals surface area contributed by atoms with Gasteiger partial charge >= 0.3 is 0 Å². The summed E-state index contributed by atoms with van der Waals surface area (Å²) in [4.78, 5) is 23.4. The fourth-order valence-electron chi connectivity index (χ4n) is 2.45. The molecule has 7 nitrogen and oxygen atoms in total. The van der Waals surface area contributed by atoms with Crippen LogP contribution in [0.5, 0.6) is 0 Å². The van der Waals surface area contributed by atoms with Gasteiger partial charge in [-0.15, -0.1) is 0 Å². The van der Waals surface area contributed by atoms with Crippen LogP contribution in [0.4, 0.5) is 11.5 Å². The third kappa shape index (κ3) is 2.99. The van der Waals surface area contributed by atoms with Crippen molar-refractivity contribution in [3.63, 3.8) is 0 Å². The van der Waals surface area contributed by atoms with E-state index in [0.717, 1.165) is 24.2 Å². The van der Waals surface area contributed by atoms with E-state index in [1.807, 2.05) is 0 Å². The second kappa shape index (κ2) is 5.98. The molecule has 2 amide bonds. The number of hydrogen-bond acceptors (Lipinski definition) is 4. The number of nitrogens with zero attached hydrogens (tertiary/aromatic N) is 1. The topological polar surface area (TPSA) is 98.9 Å². The SMILES string of the molecule is CC(=O)Nc1cccc(C(=O)Nc2n[nH]c3c2CNCC3)c1. The van der Waals surface area contributed by atoms with Crippen LogP contribution in [0.2, 0.25) is 0 Å². The number of nitrogens with one attached hydrogen (secondary N) is 4. The lowest BCUT2D eigenvalue weighted by Crippen LogP contribution is -2.24. The summed E-state index contributed by atoms with van der Waals surface area (Å²) in [6.45, 7) is 3.02. The van der Waals surface area contributed by atoms with Gasteiger partial charge in [0.25, 0.3) is 5.91 Å². The molecule has 2 heterocycles. The summed E-state index contributed by atoms with van der Waals surface area (Å²) in [5.74, 6) is 0.120. The van der Waals surface area contributed by atoms with E-state index in [4.69, 9.17) is 0 Å². The van der Waals surface area contributed by atoms with Crippen molar-refractivity contribution < 1.29 is 9.59 Å². The number of aromatic nitrogens is 2. The van der Waals surface area contributed by atoms with Gasteiger partial charge in [-0.1, -0.05) is 6.07 Å². The molecule has 114 valence electrons. The Labute approximate surface area is 127 Å². The van der Waals surface area contributed by atoms with E-state index in [-0.39, 0.29) is 11.8 Å². The zero-order valence-electron chi connectivity index (χ0n) is 12.2. The quantitative estimate of drug-likeness (QED) is 0.686. The molecule has 0 radical (unpaired) electrons. The number of amides is 2. The van der Waals surface area contributed by atoms with Crippen molar-refractivity contribution in [1.82, 2.24) is 15.5 Å². The van der Waals surface area contributed by atoms with Gasteiger partial charge in [0.15, 0.2) is 5.82 Å². The molecule has 1 aliphatic rings. The monoisotopic (exact) mass is 299 g/mol. The Kier molecular flexibility index (Phi) is 3.88. The highest BCUT2D eigenvalue weighted by Crippen LogP contribution is 2.20. The molecule has 0 bridgehead atoms. The predicted molar refractivity (Wildman–Crippen MR) is 82.7 cm³/mol. The molecule has 4 N–H and O–H groups in total. The first-order valence-corrected chi connectivity index (χ1v) is 7.09. The van der Waals surface area contributed by atoms with Crippen LogP contribution in [-0.4, -0.2) is 28.6 Å². The van der Waals surface area contributed by atoms with Gasteiger partial charge in [-0.25, -0.2) is 0 Å². The molecule has 1 aromatic carbocycles. The molecular weight excluding hydrogens is 282 g/mol. The van der Waals surface area contributed by atoms with Crippen molar-refractivity contribution in [2.24, 2.45) is 0 Å². The zero-order chi connectivity index (χ0) is 15.5. The first-order chi connectivity index (χ1) is 10.6. The molecular formula is C15H17N5O2. The van der Waals surface area contributed by atoms with Crippen molar-refractivity contribution in [2.45, 2.75) is 19.9 Å². The third-order valence-electron chi connectivity index (χ3n) is 3.48. The second-order valence-corrected chi connectivity index (χ2v) is 5.17. The Morgan fingerprint density at radius 3 is 2.95 bits per heavy atom. The number of H-pyrrole nitrogens is 1. The van der Waals surface area contributed by atoms with Crippen LogP contribution in [-0.2, 0) is 17.8 Å². The van der Waals surface area contributed by atoms with Gasteiger partial charge in [0.1, 0.15) is 0 Å². The molecule has 3 rings (SSSR count). The van der Waals surface area contributed by atoms with E-state index in [9.17, 15) is 9.59 Å². The summed E-state index contributed by atoms with van der Waals surface area (Å²) in [7, 11) is 0. The maximum absolute atomic E-state index is 12.3. The third-order valence-corrected chi connectivity index (χ3v) is 3.48. The average Bonchev–Trinajstić information content (AvgIpc) is 2.90. The lowest BCUT2D eigenvalue weighted by Gasteiger charge is -2.13. The van der Waals surface area contributed by atoms with E-state index in [0.29, 0.717) is 23.6 Å². The van der Waals surface area contributed by atoms with E-state index < -0.39 is 0 Å². The van der Waals surface area contributed by atoms with E-state index >= 15 is 0 Å². The number of benzene rings is 1. The minimum Gasteiger partial charge on any atom is -0.326 e. The normalized spacial score (nSPS) is 13.3. The maximum atomic E-state index is 12.3. The van der Waals surface area contributed by atoms with Crippen molar-refractivity contribution in [2.75, 3.05) is 17.2 Å². The van der Waals surface area contributed by atoms with E-state index in [1.165, 1.54) is 6.92 Å². The fourth-order valence-corrected chi connectivity index (χ4v) is 2.45. The Hall–Kier alpha value is -2.67. The predicted octanol–water partition coefficient (Wildman–Crippen LogP) is 1.27. The number of carbonyl (C=O) groups is 2. The van der Waals surface area contributed by atoms with Crippen molar-refractivity contribution >= 4 is 23.3 Å². The van der Waals surface area contributed by atoms with Gasteiger partial charge in [-0.2, -0.15) is 5.10 Å². The van der Waals surface area contributed by atoms with Crippen LogP contribution in [0.1, 0.15) is 28.5 Å². The molecule has 0 spiro atoms. The highest BCUT2D eigenvalue weighted by molar-refractivity contribution is 6.05. The first-order valence-electron chi connectivity index (χ1n) is 7.09. The highest BCUT2D eigenvalue weighted by atomic mass is 16.2. The van der Waals surface area contributed by atoms with Crippen LogP contribution in [0, 0.1) is 0 Å². The van der Waals surface area contributed by atoms with Gasteiger partial charge in [0.2, 0.25) is 5.91 Å². The molecule has 0 aliphatic carbocycles. The molecule has 22 heavy (non-hydrogen) atoms. The van der Waals surface area contributed by atoms with E-state index in [1.54, 1.807) is 24.3 Å². The minimum atomic E-state index is -0.257. The molecule has 1 aliphatic heterocycles. The standard InChI is InChI=1S/C15H17N5O2/c1-9(21)17-11-4-2-3-10(7-11)15(22)18-14-12-8-16-6-5-13(12)19-20-14/h2-4,7,16H,5-6,8H2,1H3,(H,17,21)(H2,18,19,20,22). The lowest BCUT2D eigenvalue weighted by molar-refractivity contribution is -0.114. The Bertz CT molecular complexity index is 722. The molecule has 0 saturated carbocycles. The Morgan fingerprint density at radius 2 is 2.14 bits per heavy atom. The summed E-state index contributed by atoms with van der Waals surface area (Å²) in [5.41, 5.74) is 3.11. The first kappa shape index (κ1) is 14.3. The Morgan fingerprint density at radius 1 is 1.27 bits per heavy atom. The highest BCUT2D eigenvalue weighted by Gasteiger charge is 2.18. The van der Waals surface area contributed by atoms with Crippen LogP contribution < -0.4 is 16.0 Å². The fraction of sp³-hybridized carbons (Fsp3) is 0.267. The van der Waals surface area contributed by atoms with Crippen LogP contribution in [0.3, 0.4) is 0 Å². The van der Waals surface area contributed by atoms with Gasteiger partial charge in [-0.3, -0.25) is 14.7 Å². The van der Waals surface area contributed by atoms with Crippen LogP contribution in [0.25, 0.3) is 0 Å². The number of fused-ring (bicyclic) bond motifs is 1. The number of hydrogen-bond donors (Lipinski definition) is 4. The number of rotatable bonds is 3. The molecule has 7 heteroatoms. The summed E-state index contributed by atoms with van der Waals surface area (Å²) < 4.78 is 0. The summed E-state index contributed by atoms with van der Waals surface area (Å²) in [6.07, 6.45) is 0.871. The van der Waals surface area contributed by atoms with Crippen LogP contribution in [0.15, 0.2) is 24.3 Å². The maximum Gasteiger partial charge on any atom is 0.256 e. The average molecular weight is 299 g/mol. The minimum absolute atomic E-state index is 0.176. The van der Waals surface area contributed by atoms with Gasteiger partial charge in [0, 0.05) is 48.9 Å². The number of carbonyl (C=O) groups excluding carboxylic acids is 2. The molecule has 0 unspecified atom stereocenters. The lowest BCUT2D eigenvalue weighted by atomic mass is 10.1. The molecule has 0 fully saturated rings. The smallest absolute Gasteiger partial charge is 0.256 e. The van der Waals surface area contributed by atoms with Gasteiger partial charge in [-0.05, 0) is 18.2 Å². The largest absolute Gasteiger partial charge is 0.326 e. The number of anilines is 2. The summed E-state index contributed by atoms with van der Waals surface area (Å²) >= 11 is 0. The van der Waals surface area contributed by atoms with Crippen molar-refractivity contribution in [3.05, 3.63) is 41.1 Å². The van der Waals surface area contributed by atoms with Gasteiger partial charge < -0.3 is 16.0 Å². The molecule has 0 saturated heterocycles. The molecule has 1 aromatic heterocycles. The number of aromatic amines is 1. The zero-order valence-corrected chi connectivity index (χ0v) is 12.2. The van der Waals surface area contributed by atoms with Crippen molar-refractivity contribution in [3.8, 4) is 0 Å². The molecule has 2 aromatic rings. The van der Waals surface area contributed by atoms with E-state index in [2.05, 4.69) is 26.1 Å². The van der Waals surface area contributed by atoms with Crippen LogP contribution >= 0.6 is 0 Å². The Balaban J connectivity index is 1.77. The second-order valence-electron chi connectivity index (χ2n) is 5.17. The van der Waals surface area contributed by atoms with Gasteiger partial charge in [0.05, 0.1) is 0 Å². The summed E-state index contributed by atoms with van der Waals surface area (Å²) in [6, 6.07) is 6.78. The molecule has 0 atom stereocenters. The summed E-state index contributed by atoms with van der Waals surface area (Å²) in [5, 5.41) is 15.8.